The number of hydrogen-bond donors (Lipinski definition) is 2. The molecule has 2 N–H and O–H groups in total. The molecule has 1 heterocycles. The quantitative estimate of drug-likeness (QED) is 0.691. The maximum absolute atomic E-state index is 12.5. The van der Waals surface area contributed by atoms with Crippen molar-refractivity contribution in [1.29, 1.82) is 0 Å². The average Bonchev–Trinajstić information content (AvgIpc) is 2.71. The van der Waals surface area contributed by atoms with Crippen molar-refractivity contribution in [3.05, 3.63) is 90.0 Å². The van der Waals surface area contributed by atoms with Crippen molar-refractivity contribution in [2.24, 2.45) is 0 Å². The zero-order valence-corrected chi connectivity index (χ0v) is 15.4. The highest BCUT2D eigenvalue weighted by Crippen LogP contribution is 2.31. The van der Waals surface area contributed by atoms with Crippen LogP contribution in [0.15, 0.2) is 78.9 Å². The Morgan fingerprint density at radius 3 is 2.25 bits per heavy atom. The van der Waals surface area contributed by atoms with Gasteiger partial charge in [0.1, 0.15) is 0 Å². The summed E-state index contributed by atoms with van der Waals surface area (Å²) in [6.45, 7) is 0.550. The van der Waals surface area contributed by atoms with Crippen molar-refractivity contribution < 1.29 is 9.59 Å². The van der Waals surface area contributed by atoms with E-state index in [0.29, 0.717) is 25.1 Å². The van der Waals surface area contributed by atoms with Crippen LogP contribution in [0.1, 0.15) is 17.5 Å². The molecule has 5 nitrogen and oxygen atoms in total. The number of para-hydroxylation sites is 1. The maximum atomic E-state index is 12.5. The Balaban J connectivity index is 1.50. The number of nitrogens with zero attached hydrogens (tertiary/aromatic N) is 1. The number of aryl methyl sites for hydroxylation is 1. The first kappa shape index (κ1) is 17.8. The second-order valence-corrected chi connectivity index (χ2v) is 6.75. The lowest BCUT2D eigenvalue weighted by molar-refractivity contribution is -0.119. The van der Waals surface area contributed by atoms with Crippen molar-refractivity contribution in [3.8, 4) is 0 Å². The molecule has 0 radical (unpaired) electrons. The molecular formula is C23H21N3O2. The summed E-state index contributed by atoms with van der Waals surface area (Å²) in [4.78, 5) is 26.5. The molecule has 4 rings (SSSR count). The van der Waals surface area contributed by atoms with Crippen LogP contribution in [-0.4, -0.2) is 11.9 Å². The smallest absolute Gasteiger partial charge is 0.308 e. The van der Waals surface area contributed by atoms with E-state index < -0.39 is 0 Å². The Hall–Kier alpha value is -3.60. The van der Waals surface area contributed by atoms with Crippen molar-refractivity contribution in [2.45, 2.75) is 19.4 Å². The lowest BCUT2D eigenvalue weighted by atomic mass is 9.99. The number of rotatable bonds is 4. The van der Waals surface area contributed by atoms with Gasteiger partial charge in [0.25, 0.3) is 0 Å². The molecule has 0 atom stereocenters. The van der Waals surface area contributed by atoms with E-state index in [1.165, 1.54) is 0 Å². The maximum Gasteiger partial charge on any atom is 0.323 e. The van der Waals surface area contributed by atoms with Crippen LogP contribution < -0.4 is 15.5 Å². The SMILES string of the molecule is O=C(Nc1ccccc1)Nc1ccc2c(c1)CCC(=O)N2Cc1ccccc1. The van der Waals surface area contributed by atoms with Crippen LogP contribution in [0.2, 0.25) is 0 Å². The number of nitrogens with one attached hydrogen (secondary N) is 2. The van der Waals surface area contributed by atoms with Crippen LogP contribution >= 0.6 is 0 Å². The van der Waals surface area contributed by atoms with E-state index in [2.05, 4.69) is 10.6 Å². The fraction of sp³-hybridized carbons (Fsp3) is 0.130. The molecule has 0 aliphatic carbocycles. The van der Waals surface area contributed by atoms with Gasteiger partial charge in [-0.1, -0.05) is 48.5 Å². The van der Waals surface area contributed by atoms with Crippen molar-refractivity contribution in [1.82, 2.24) is 0 Å². The molecule has 3 amide bonds. The Morgan fingerprint density at radius 1 is 0.821 bits per heavy atom. The number of carbonyl (C=O) groups excluding carboxylic acids is 2. The van der Waals surface area contributed by atoms with Gasteiger partial charge >= 0.3 is 6.03 Å². The van der Waals surface area contributed by atoms with Gasteiger partial charge in [0.15, 0.2) is 0 Å². The minimum atomic E-state index is -0.292. The molecule has 0 bridgehead atoms. The van der Waals surface area contributed by atoms with Gasteiger partial charge < -0.3 is 15.5 Å². The molecule has 1 aliphatic heterocycles. The normalized spacial score (nSPS) is 13.0. The first-order valence-corrected chi connectivity index (χ1v) is 9.29. The average molecular weight is 371 g/mol. The van der Waals surface area contributed by atoms with Gasteiger partial charge in [0.05, 0.1) is 6.54 Å². The van der Waals surface area contributed by atoms with Gasteiger partial charge in [-0.25, -0.2) is 4.79 Å². The number of amides is 3. The van der Waals surface area contributed by atoms with Gasteiger partial charge in [-0.05, 0) is 47.9 Å². The van der Waals surface area contributed by atoms with E-state index >= 15 is 0 Å². The Labute approximate surface area is 164 Å². The molecule has 0 saturated heterocycles. The number of hydrogen-bond acceptors (Lipinski definition) is 2. The summed E-state index contributed by atoms with van der Waals surface area (Å²) in [6.07, 6.45) is 1.15. The largest absolute Gasteiger partial charge is 0.323 e. The molecule has 1 aliphatic rings. The van der Waals surface area contributed by atoms with Crippen molar-refractivity contribution in [3.63, 3.8) is 0 Å². The Morgan fingerprint density at radius 2 is 1.50 bits per heavy atom. The highest BCUT2D eigenvalue weighted by Gasteiger charge is 2.24. The lowest BCUT2D eigenvalue weighted by Gasteiger charge is -2.30. The van der Waals surface area contributed by atoms with Crippen LogP contribution in [0.5, 0.6) is 0 Å². The van der Waals surface area contributed by atoms with Gasteiger partial charge in [-0.15, -0.1) is 0 Å². The lowest BCUT2D eigenvalue weighted by Crippen LogP contribution is -2.34. The highest BCUT2D eigenvalue weighted by molar-refractivity contribution is 6.01. The summed E-state index contributed by atoms with van der Waals surface area (Å²) >= 11 is 0. The van der Waals surface area contributed by atoms with Crippen LogP contribution in [0.4, 0.5) is 21.9 Å². The first-order valence-electron chi connectivity index (χ1n) is 9.29. The summed E-state index contributed by atoms with van der Waals surface area (Å²) in [7, 11) is 0. The molecule has 0 aromatic heterocycles. The van der Waals surface area contributed by atoms with E-state index in [4.69, 9.17) is 0 Å². The summed E-state index contributed by atoms with van der Waals surface area (Å²) in [5, 5.41) is 5.67. The minimum Gasteiger partial charge on any atom is -0.308 e. The summed E-state index contributed by atoms with van der Waals surface area (Å²) < 4.78 is 0. The van der Waals surface area contributed by atoms with E-state index in [-0.39, 0.29) is 11.9 Å². The van der Waals surface area contributed by atoms with Gasteiger partial charge in [-0.2, -0.15) is 0 Å². The van der Waals surface area contributed by atoms with Gasteiger partial charge in [-0.3, -0.25) is 4.79 Å². The molecule has 28 heavy (non-hydrogen) atoms. The van der Waals surface area contributed by atoms with E-state index in [0.717, 1.165) is 22.5 Å². The number of fused-ring (bicyclic) bond motifs is 1. The first-order chi connectivity index (χ1) is 13.7. The van der Waals surface area contributed by atoms with E-state index in [9.17, 15) is 9.59 Å². The third-order valence-corrected chi connectivity index (χ3v) is 4.75. The van der Waals surface area contributed by atoms with Crippen LogP contribution in [-0.2, 0) is 17.8 Å². The molecule has 0 saturated carbocycles. The second-order valence-electron chi connectivity index (χ2n) is 6.75. The van der Waals surface area contributed by atoms with Crippen LogP contribution in [0.25, 0.3) is 0 Å². The van der Waals surface area contributed by atoms with Crippen LogP contribution in [0, 0.1) is 0 Å². The number of anilines is 3. The monoisotopic (exact) mass is 371 g/mol. The van der Waals surface area contributed by atoms with E-state index in [1.54, 1.807) is 0 Å². The Kier molecular flexibility index (Phi) is 5.06. The number of benzene rings is 3. The zero-order valence-electron chi connectivity index (χ0n) is 15.4. The Bertz CT molecular complexity index is 987. The molecule has 0 fully saturated rings. The van der Waals surface area contributed by atoms with E-state index in [1.807, 2.05) is 83.8 Å². The second kappa shape index (κ2) is 7.96. The molecule has 5 heteroatoms. The predicted molar refractivity (Wildman–Crippen MR) is 111 cm³/mol. The fourth-order valence-corrected chi connectivity index (χ4v) is 3.39. The molecule has 140 valence electrons. The topological polar surface area (TPSA) is 61.4 Å². The molecule has 0 unspecified atom stereocenters. The number of urea groups is 1. The number of carbonyl (C=O) groups is 2. The summed E-state index contributed by atoms with van der Waals surface area (Å²) in [5.74, 6) is 0.124. The van der Waals surface area contributed by atoms with Crippen molar-refractivity contribution in [2.75, 3.05) is 15.5 Å². The minimum absolute atomic E-state index is 0.124. The van der Waals surface area contributed by atoms with Crippen LogP contribution in [0.3, 0.4) is 0 Å². The zero-order chi connectivity index (χ0) is 19.3. The summed E-state index contributed by atoms with van der Waals surface area (Å²) in [5.41, 5.74) is 4.51. The molecule has 3 aromatic carbocycles. The van der Waals surface area contributed by atoms with Gasteiger partial charge in [0, 0.05) is 23.5 Å². The molecular weight excluding hydrogens is 350 g/mol. The fourth-order valence-electron chi connectivity index (χ4n) is 3.39. The summed E-state index contributed by atoms with van der Waals surface area (Å²) in [6, 6.07) is 24.7. The third kappa shape index (κ3) is 4.04. The van der Waals surface area contributed by atoms with Crippen molar-refractivity contribution >= 4 is 29.0 Å². The highest BCUT2D eigenvalue weighted by atomic mass is 16.2. The molecule has 3 aromatic rings. The third-order valence-electron chi connectivity index (χ3n) is 4.75. The standard InChI is InChI=1S/C23H21N3O2/c27-22-14-11-18-15-20(25-23(28)24-19-9-5-2-6-10-19)12-13-21(18)26(22)16-17-7-3-1-4-8-17/h1-10,12-13,15H,11,14,16H2,(H2,24,25,28). The molecule has 0 spiro atoms. The van der Waals surface area contributed by atoms with Gasteiger partial charge in [0.2, 0.25) is 5.91 Å². The predicted octanol–water partition coefficient (Wildman–Crippen LogP) is 4.81.